The van der Waals surface area contributed by atoms with Gasteiger partial charge >= 0.3 is 10.1 Å². The Kier molecular flexibility index (Phi) is 6.25. The van der Waals surface area contributed by atoms with Crippen LogP contribution < -0.4 is 4.18 Å². The summed E-state index contributed by atoms with van der Waals surface area (Å²) in [6.07, 6.45) is 0. The van der Waals surface area contributed by atoms with Crippen LogP contribution in [-0.4, -0.2) is 28.2 Å². The number of aryl methyl sites for hydroxylation is 1. The van der Waals surface area contributed by atoms with Crippen LogP contribution in [0.4, 0.5) is 0 Å². The number of benzene rings is 4. The van der Waals surface area contributed by atoms with Crippen LogP contribution >= 0.6 is 0 Å². The quantitative estimate of drug-likeness (QED) is 0.356. The maximum absolute atomic E-state index is 13.4. The summed E-state index contributed by atoms with van der Waals surface area (Å²) in [5.74, 6) is 0.0656. The lowest BCUT2D eigenvalue weighted by Gasteiger charge is -2.19. The van der Waals surface area contributed by atoms with Crippen molar-refractivity contribution in [1.29, 1.82) is 0 Å². The fraction of sp³-hybridized carbons (Fsp3) is 0.120. The summed E-state index contributed by atoms with van der Waals surface area (Å²) in [6, 6.07) is 25.1. The molecule has 6 nitrogen and oxygen atoms in total. The number of sulfonamides is 1. The van der Waals surface area contributed by atoms with Gasteiger partial charge in [-0.3, -0.25) is 0 Å². The fourth-order valence-electron chi connectivity index (χ4n) is 3.51. The summed E-state index contributed by atoms with van der Waals surface area (Å²) in [6.45, 7) is 2.07. The van der Waals surface area contributed by atoms with E-state index in [2.05, 4.69) is 0 Å². The summed E-state index contributed by atoms with van der Waals surface area (Å²) in [5, 5.41) is 0.774. The number of rotatable bonds is 7. The van der Waals surface area contributed by atoms with Gasteiger partial charge in [-0.15, -0.1) is 0 Å². The molecule has 33 heavy (non-hydrogen) atoms. The molecule has 4 aromatic carbocycles. The van der Waals surface area contributed by atoms with Crippen LogP contribution in [0.2, 0.25) is 0 Å². The molecule has 0 bridgehead atoms. The average Bonchev–Trinajstić information content (AvgIpc) is 2.79. The van der Waals surface area contributed by atoms with Gasteiger partial charge < -0.3 is 4.18 Å². The second-order valence-electron chi connectivity index (χ2n) is 7.70. The monoisotopic (exact) mass is 481 g/mol. The SMILES string of the molecule is Cc1ccc(S(=O)(=O)Oc2cccc3c(S(=O)(=O)N(C)Cc4ccccc4)cccc23)cc1. The lowest BCUT2D eigenvalue weighted by molar-refractivity contribution is 0.467. The molecule has 170 valence electrons. The van der Waals surface area contributed by atoms with E-state index >= 15 is 0 Å². The molecule has 8 heteroatoms. The van der Waals surface area contributed by atoms with Crippen molar-refractivity contribution in [2.24, 2.45) is 0 Å². The predicted octanol–water partition coefficient (Wildman–Crippen LogP) is 4.74. The van der Waals surface area contributed by atoms with Crippen LogP contribution in [0.5, 0.6) is 5.75 Å². The zero-order valence-electron chi connectivity index (χ0n) is 18.2. The third kappa shape index (κ3) is 4.78. The molecule has 4 aromatic rings. The molecule has 0 N–H and O–H groups in total. The summed E-state index contributed by atoms with van der Waals surface area (Å²) in [7, 11) is -6.42. The molecule has 0 aromatic heterocycles. The van der Waals surface area contributed by atoms with E-state index in [1.807, 2.05) is 37.3 Å². The number of hydrogen-bond acceptors (Lipinski definition) is 5. The fourth-order valence-corrected chi connectivity index (χ4v) is 5.82. The Balaban J connectivity index is 1.72. The van der Waals surface area contributed by atoms with E-state index in [1.54, 1.807) is 36.4 Å². The van der Waals surface area contributed by atoms with Crippen molar-refractivity contribution in [3.63, 3.8) is 0 Å². The molecule has 0 heterocycles. The lowest BCUT2D eigenvalue weighted by atomic mass is 10.1. The van der Waals surface area contributed by atoms with Gasteiger partial charge in [0, 0.05) is 24.4 Å². The molecule has 0 aliphatic heterocycles. The Labute approximate surface area is 194 Å². The van der Waals surface area contributed by atoms with Gasteiger partial charge in [-0.25, -0.2) is 8.42 Å². The summed E-state index contributed by atoms with van der Waals surface area (Å²) in [5.41, 5.74) is 1.78. The van der Waals surface area contributed by atoms with E-state index in [-0.39, 0.29) is 22.1 Å². The average molecular weight is 482 g/mol. The second-order valence-corrected chi connectivity index (χ2v) is 11.3. The Hall–Kier alpha value is -3.20. The molecule has 0 aliphatic carbocycles. The zero-order valence-corrected chi connectivity index (χ0v) is 19.8. The highest BCUT2D eigenvalue weighted by molar-refractivity contribution is 7.89. The van der Waals surface area contributed by atoms with Crippen molar-refractivity contribution < 1.29 is 21.0 Å². The zero-order chi connectivity index (χ0) is 23.6. The maximum Gasteiger partial charge on any atom is 0.339 e. The summed E-state index contributed by atoms with van der Waals surface area (Å²) < 4.78 is 59.0. The molecule has 0 saturated carbocycles. The molecule has 0 radical (unpaired) electrons. The Bertz CT molecular complexity index is 1500. The van der Waals surface area contributed by atoms with Gasteiger partial charge in [-0.1, -0.05) is 72.3 Å². The van der Waals surface area contributed by atoms with Crippen LogP contribution in [0.15, 0.2) is 101 Å². The van der Waals surface area contributed by atoms with Crippen LogP contribution in [-0.2, 0) is 26.7 Å². The van der Waals surface area contributed by atoms with Crippen molar-refractivity contribution >= 4 is 30.9 Å². The van der Waals surface area contributed by atoms with Crippen molar-refractivity contribution in [2.45, 2.75) is 23.3 Å². The van der Waals surface area contributed by atoms with Crippen molar-refractivity contribution in [1.82, 2.24) is 4.31 Å². The molecule has 0 unspecified atom stereocenters. The van der Waals surface area contributed by atoms with Crippen LogP contribution in [0.3, 0.4) is 0 Å². The minimum Gasteiger partial charge on any atom is -0.378 e. The summed E-state index contributed by atoms with van der Waals surface area (Å²) in [4.78, 5) is 0.105. The van der Waals surface area contributed by atoms with Crippen molar-refractivity contribution in [2.75, 3.05) is 7.05 Å². The first-order chi connectivity index (χ1) is 15.7. The number of hydrogen-bond donors (Lipinski definition) is 0. The Morgan fingerprint density at radius 3 is 2.06 bits per heavy atom. The van der Waals surface area contributed by atoms with E-state index in [0.717, 1.165) is 11.1 Å². The highest BCUT2D eigenvalue weighted by Gasteiger charge is 2.25. The van der Waals surface area contributed by atoms with Crippen LogP contribution in [0.25, 0.3) is 10.8 Å². The predicted molar refractivity (Wildman–Crippen MR) is 128 cm³/mol. The smallest absolute Gasteiger partial charge is 0.339 e. The number of nitrogens with zero attached hydrogens (tertiary/aromatic N) is 1. The van der Waals surface area contributed by atoms with E-state index in [9.17, 15) is 16.8 Å². The van der Waals surface area contributed by atoms with Crippen molar-refractivity contribution in [3.05, 3.63) is 102 Å². The van der Waals surface area contributed by atoms with Gasteiger partial charge in [0.15, 0.2) is 5.75 Å². The first-order valence-corrected chi connectivity index (χ1v) is 13.1. The van der Waals surface area contributed by atoms with Gasteiger partial charge in [0.2, 0.25) is 10.0 Å². The first kappa shape index (κ1) is 23.0. The van der Waals surface area contributed by atoms with E-state index in [0.29, 0.717) is 10.8 Å². The molecule has 0 fully saturated rings. The number of fused-ring (bicyclic) bond motifs is 1. The molecule has 0 atom stereocenters. The summed E-state index contributed by atoms with van der Waals surface area (Å²) >= 11 is 0. The lowest BCUT2D eigenvalue weighted by Crippen LogP contribution is -2.26. The highest BCUT2D eigenvalue weighted by atomic mass is 32.2. The molecular formula is C25H23NO5S2. The first-order valence-electron chi connectivity index (χ1n) is 10.2. The second kappa shape index (κ2) is 8.97. The molecule has 0 saturated heterocycles. The molecule has 0 amide bonds. The van der Waals surface area contributed by atoms with E-state index < -0.39 is 20.1 Å². The highest BCUT2D eigenvalue weighted by Crippen LogP contribution is 2.33. The van der Waals surface area contributed by atoms with Gasteiger partial charge in [0.25, 0.3) is 0 Å². The van der Waals surface area contributed by atoms with E-state index in [1.165, 1.54) is 35.6 Å². The van der Waals surface area contributed by atoms with Gasteiger partial charge in [0.05, 0.1) is 4.90 Å². The maximum atomic E-state index is 13.4. The Morgan fingerprint density at radius 2 is 1.36 bits per heavy atom. The van der Waals surface area contributed by atoms with Gasteiger partial charge in [-0.2, -0.15) is 12.7 Å². The van der Waals surface area contributed by atoms with Gasteiger partial charge in [-0.05, 0) is 36.8 Å². The normalized spacial score (nSPS) is 12.2. The third-order valence-electron chi connectivity index (χ3n) is 5.29. The standard InChI is InChI=1S/C25H23NO5S2/c1-19-14-16-21(17-15-19)33(29,30)31-24-12-6-11-23-22(24)10-7-13-25(23)32(27,28)26(2)18-20-8-4-3-5-9-20/h3-17H,18H2,1-2H3. The van der Waals surface area contributed by atoms with Gasteiger partial charge in [0.1, 0.15) is 4.90 Å². The van der Waals surface area contributed by atoms with Crippen LogP contribution in [0.1, 0.15) is 11.1 Å². The minimum absolute atomic E-state index is 0.0245. The van der Waals surface area contributed by atoms with E-state index in [4.69, 9.17) is 4.18 Å². The molecular weight excluding hydrogens is 458 g/mol. The topological polar surface area (TPSA) is 80.8 Å². The third-order valence-corrected chi connectivity index (χ3v) is 8.40. The molecule has 0 spiro atoms. The Morgan fingerprint density at radius 1 is 0.727 bits per heavy atom. The van der Waals surface area contributed by atoms with Crippen LogP contribution in [0, 0.1) is 6.92 Å². The molecule has 0 aliphatic rings. The largest absolute Gasteiger partial charge is 0.378 e. The minimum atomic E-state index is -4.09. The van der Waals surface area contributed by atoms with Crippen molar-refractivity contribution in [3.8, 4) is 5.75 Å². The molecule has 4 rings (SSSR count).